The molecular formula is C16H19N3S. The summed E-state index contributed by atoms with van der Waals surface area (Å²) >= 11 is 1.64. The Bertz CT molecular complexity index is 630. The highest BCUT2D eigenvalue weighted by atomic mass is 32.2. The third-order valence-corrected chi connectivity index (χ3v) is 4.45. The highest BCUT2D eigenvalue weighted by Gasteiger charge is 2.25. The second-order valence-electron chi connectivity index (χ2n) is 5.05. The topological polar surface area (TPSA) is 30.7 Å². The largest absolute Gasteiger partial charge is 0.280 e. The van der Waals surface area contributed by atoms with Gasteiger partial charge in [0.05, 0.1) is 0 Å². The van der Waals surface area contributed by atoms with E-state index in [0.717, 1.165) is 17.4 Å². The molecule has 0 N–H and O–H groups in total. The lowest BCUT2D eigenvalue weighted by Gasteiger charge is -2.16. The lowest BCUT2D eigenvalue weighted by Crippen LogP contribution is -2.07. The second kappa shape index (κ2) is 5.83. The number of nitrogens with zero attached hydrogens (tertiary/aromatic N) is 3. The van der Waals surface area contributed by atoms with Crippen LogP contribution in [0.2, 0.25) is 0 Å². The zero-order valence-corrected chi connectivity index (χ0v) is 12.7. The molecule has 0 bridgehead atoms. The highest BCUT2D eigenvalue weighted by Crippen LogP contribution is 2.35. The number of hydrogen-bond acceptors (Lipinski definition) is 3. The summed E-state index contributed by atoms with van der Waals surface area (Å²) in [6, 6.07) is 8.63. The predicted octanol–water partition coefficient (Wildman–Crippen LogP) is 4.26. The van der Waals surface area contributed by atoms with Gasteiger partial charge >= 0.3 is 0 Å². The van der Waals surface area contributed by atoms with E-state index in [0.29, 0.717) is 5.92 Å². The Hall–Kier alpha value is -1.55. The molecule has 0 saturated carbocycles. The molecular weight excluding hydrogens is 266 g/mol. The summed E-state index contributed by atoms with van der Waals surface area (Å²) in [4.78, 5) is 0. The van der Waals surface area contributed by atoms with Gasteiger partial charge < -0.3 is 0 Å². The third-order valence-electron chi connectivity index (χ3n) is 3.81. The van der Waals surface area contributed by atoms with Gasteiger partial charge in [-0.3, -0.25) is 4.57 Å². The Morgan fingerprint density at radius 2 is 2.10 bits per heavy atom. The van der Waals surface area contributed by atoms with E-state index >= 15 is 0 Å². The maximum atomic E-state index is 4.46. The Morgan fingerprint density at radius 3 is 2.90 bits per heavy atom. The third kappa shape index (κ3) is 2.29. The molecule has 1 aromatic carbocycles. The molecule has 2 heterocycles. The number of unbranched alkanes of at least 4 members (excludes halogenated alkanes) is 1. The lowest BCUT2D eigenvalue weighted by atomic mass is 9.90. The molecule has 0 saturated heterocycles. The summed E-state index contributed by atoms with van der Waals surface area (Å²) in [5, 5.41) is 9.74. The van der Waals surface area contributed by atoms with E-state index in [1.165, 1.54) is 24.0 Å². The summed E-state index contributed by atoms with van der Waals surface area (Å²) in [7, 11) is 0. The van der Waals surface area contributed by atoms with Crippen molar-refractivity contribution in [3.05, 3.63) is 41.2 Å². The predicted molar refractivity (Wildman–Crippen MR) is 84.8 cm³/mol. The van der Waals surface area contributed by atoms with E-state index in [-0.39, 0.29) is 0 Å². The van der Waals surface area contributed by atoms with E-state index in [1.807, 2.05) is 6.26 Å². The molecule has 104 valence electrons. The van der Waals surface area contributed by atoms with Gasteiger partial charge in [-0.25, -0.2) is 0 Å². The van der Waals surface area contributed by atoms with Crippen LogP contribution in [0.1, 0.15) is 49.1 Å². The fourth-order valence-electron chi connectivity index (χ4n) is 2.77. The molecule has 1 unspecified atom stereocenters. The van der Waals surface area contributed by atoms with E-state index in [1.54, 1.807) is 11.8 Å². The molecule has 1 aliphatic heterocycles. The van der Waals surface area contributed by atoms with Crippen LogP contribution in [0.3, 0.4) is 0 Å². The number of hydrogen-bond donors (Lipinski definition) is 0. The summed E-state index contributed by atoms with van der Waals surface area (Å²) in [5.41, 5.74) is 2.67. The molecule has 2 aromatic rings. The van der Waals surface area contributed by atoms with Crippen LogP contribution in [0.4, 0.5) is 0 Å². The van der Waals surface area contributed by atoms with Crippen LogP contribution in [0.5, 0.6) is 0 Å². The first kappa shape index (κ1) is 13.4. The smallest absolute Gasteiger partial charge is 0.195 e. The van der Waals surface area contributed by atoms with E-state index in [4.69, 9.17) is 0 Å². The van der Waals surface area contributed by atoms with Gasteiger partial charge in [0.25, 0.3) is 0 Å². The molecule has 1 atom stereocenters. The zero-order valence-electron chi connectivity index (χ0n) is 11.9. The molecule has 3 rings (SSSR count). The van der Waals surface area contributed by atoms with Gasteiger partial charge in [0.15, 0.2) is 5.16 Å². The molecule has 4 heteroatoms. The quantitative estimate of drug-likeness (QED) is 0.786. The average molecular weight is 285 g/mol. The van der Waals surface area contributed by atoms with Gasteiger partial charge in [-0.2, -0.15) is 0 Å². The van der Waals surface area contributed by atoms with E-state index in [9.17, 15) is 0 Å². The molecule has 0 aliphatic carbocycles. The number of aromatic nitrogens is 3. The summed E-state index contributed by atoms with van der Waals surface area (Å²) < 4.78 is 2.14. The van der Waals surface area contributed by atoms with Crippen LogP contribution >= 0.6 is 11.8 Å². The first-order valence-electron chi connectivity index (χ1n) is 7.11. The van der Waals surface area contributed by atoms with Gasteiger partial charge in [-0.1, -0.05) is 55.8 Å². The van der Waals surface area contributed by atoms with E-state index < -0.39 is 0 Å². The van der Waals surface area contributed by atoms with Crippen molar-refractivity contribution in [2.45, 2.75) is 37.3 Å². The van der Waals surface area contributed by atoms with Gasteiger partial charge in [-0.15, -0.1) is 10.2 Å². The van der Waals surface area contributed by atoms with Crippen molar-refractivity contribution in [3.63, 3.8) is 0 Å². The molecule has 0 amide bonds. The van der Waals surface area contributed by atoms with Crippen molar-refractivity contribution < 1.29 is 0 Å². The first-order chi connectivity index (χ1) is 9.85. The fourth-order valence-corrected chi connectivity index (χ4v) is 3.25. The van der Waals surface area contributed by atoms with Gasteiger partial charge in [0, 0.05) is 12.1 Å². The molecule has 20 heavy (non-hydrogen) atoms. The normalized spacial score (nSPS) is 16.6. The maximum absolute atomic E-state index is 4.46. The fraction of sp³-hybridized carbons (Fsp3) is 0.375. The van der Waals surface area contributed by atoms with Crippen molar-refractivity contribution in [3.8, 4) is 0 Å². The number of rotatable bonds is 4. The number of thioether (sulfide) groups is 1. The van der Waals surface area contributed by atoms with Crippen LogP contribution in [-0.2, 0) is 0 Å². The first-order valence-corrected chi connectivity index (χ1v) is 8.33. The van der Waals surface area contributed by atoms with Crippen LogP contribution in [0.25, 0.3) is 12.3 Å². The van der Waals surface area contributed by atoms with Crippen molar-refractivity contribution in [2.24, 2.45) is 0 Å². The van der Waals surface area contributed by atoms with Crippen molar-refractivity contribution in [1.82, 2.24) is 14.8 Å². The van der Waals surface area contributed by atoms with Crippen LogP contribution in [0.15, 0.2) is 29.4 Å². The minimum atomic E-state index is 0.342. The minimum absolute atomic E-state index is 0.342. The molecule has 3 nitrogen and oxygen atoms in total. The molecule has 0 spiro atoms. The Morgan fingerprint density at radius 1 is 1.25 bits per heavy atom. The Kier molecular flexibility index (Phi) is 3.92. The van der Waals surface area contributed by atoms with Gasteiger partial charge in [-0.05, 0) is 29.9 Å². The van der Waals surface area contributed by atoms with Gasteiger partial charge in [0.2, 0.25) is 0 Å². The Balaban J connectivity index is 2.12. The highest BCUT2D eigenvalue weighted by molar-refractivity contribution is 7.98. The van der Waals surface area contributed by atoms with Crippen LogP contribution < -0.4 is 0 Å². The molecule has 1 aromatic heterocycles. The second-order valence-corrected chi connectivity index (χ2v) is 5.83. The summed E-state index contributed by atoms with van der Waals surface area (Å²) in [6.07, 6.45) is 9.86. The standard InChI is InChI=1S/C16H19N3S/c1-3-4-8-14-13-9-6-5-7-12(13)10-11-19-15(14)17-18-16(19)20-2/h5-7,9-11,14H,3-4,8H2,1-2H3. The van der Waals surface area contributed by atoms with Crippen molar-refractivity contribution in [1.29, 1.82) is 0 Å². The molecule has 1 aliphatic rings. The van der Waals surface area contributed by atoms with Gasteiger partial charge in [0.1, 0.15) is 5.82 Å². The SMILES string of the molecule is CCCCC1c2ccccc2C=Cn2c(SC)nnc21. The summed E-state index contributed by atoms with van der Waals surface area (Å²) in [5.74, 6) is 1.42. The maximum Gasteiger partial charge on any atom is 0.195 e. The van der Waals surface area contributed by atoms with Crippen LogP contribution in [-0.4, -0.2) is 21.0 Å². The van der Waals surface area contributed by atoms with Crippen LogP contribution in [0, 0.1) is 0 Å². The molecule has 0 radical (unpaired) electrons. The minimum Gasteiger partial charge on any atom is -0.280 e. The summed E-state index contributed by atoms with van der Waals surface area (Å²) in [6.45, 7) is 2.24. The van der Waals surface area contributed by atoms with Crippen molar-refractivity contribution in [2.75, 3.05) is 6.26 Å². The number of fused-ring (bicyclic) bond motifs is 2. The zero-order chi connectivity index (χ0) is 13.9. The monoisotopic (exact) mass is 285 g/mol. The lowest BCUT2D eigenvalue weighted by molar-refractivity contribution is 0.615. The number of benzene rings is 1. The average Bonchev–Trinajstić information content (AvgIpc) is 2.82. The van der Waals surface area contributed by atoms with Crippen molar-refractivity contribution >= 4 is 24.0 Å². The Labute approximate surface area is 124 Å². The van der Waals surface area contributed by atoms with E-state index in [2.05, 4.69) is 58.2 Å². The molecule has 0 fully saturated rings.